The van der Waals surface area contributed by atoms with Crippen LogP contribution >= 0.6 is 11.6 Å². The number of carbonyl (C=O) groups excluding carboxylic acids is 1. The van der Waals surface area contributed by atoms with Crippen molar-refractivity contribution >= 4 is 29.0 Å². The number of ether oxygens (including phenoxy) is 1. The second-order valence-electron chi connectivity index (χ2n) is 11.3. The molecule has 0 fully saturated rings. The van der Waals surface area contributed by atoms with E-state index in [9.17, 15) is 9.90 Å². The molecule has 0 saturated heterocycles. The SMILES string of the molecule is CCCCN(C/C(=C(\Cl)C(=N)C(=O)N(C)C)C(C)CC)c1nc(OC)nc2c1CN(C)C(c1c(O)cccc1CC)C2. The Balaban J connectivity index is 2.14. The maximum absolute atomic E-state index is 12.7. The molecule has 1 aromatic heterocycles. The topological polar surface area (TPSA) is 106 Å². The Bertz CT molecular complexity index is 1310. The third-order valence-electron chi connectivity index (χ3n) is 8.22. The molecular formula is C32H47ClN6O3. The largest absolute Gasteiger partial charge is 0.508 e. The van der Waals surface area contributed by atoms with E-state index in [0.29, 0.717) is 25.3 Å². The lowest BCUT2D eigenvalue weighted by Gasteiger charge is -2.38. The minimum atomic E-state index is -0.426. The first kappa shape index (κ1) is 33.3. The second kappa shape index (κ2) is 14.8. The van der Waals surface area contributed by atoms with Crippen LogP contribution in [0.2, 0.25) is 0 Å². The molecule has 0 radical (unpaired) electrons. The first-order chi connectivity index (χ1) is 20.0. The molecule has 0 spiro atoms. The van der Waals surface area contributed by atoms with Crippen LogP contribution in [0.4, 0.5) is 5.82 Å². The number of amides is 1. The summed E-state index contributed by atoms with van der Waals surface area (Å²) < 4.78 is 5.59. The third kappa shape index (κ3) is 7.24. The van der Waals surface area contributed by atoms with Gasteiger partial charge < -0.3 is 19.6 Å². The normalized spacial score (nSPS) is 16.4. The summed E-state index contributed by atoms with van der Waals surface area (Å²) in [5.74, 6) is 0.704. The first-order valence-electron chi connectivity index (χ1n) is 14.9. The lowest BCUT2D eigenvalue weighted by atomic mass is 9.89. The smallest absolute Gasteiger partial charge is 0.318 e. The Labute approximate surface area is 256 Å². The first-order valence-corrected chi connectivity index (χ1v) is 15.2. The van der Waals surface area contributed by atoms with Crippen LogP contribution < -0.4 is 9.64 Å². The number of benzene rings is 1. The molecule has 9 nitrogen and oxygen atoms in total. The number of hydrogen-bond acceptors (Lipinski definition) is 8. The van der Waals surface area contributed by atoms with E-state index in [1.54, 1.807) is 27.3 Å². The Morgan fingerprint density at radius 3 is 2.57 bits per heavy atom. The number of methoxy groups -OCH3 is 1. The van der Waals surface area contributed by atoms with Gasteiger partial charge in [-0.25, -0.2) is 0 Å². The van der Waals surface area contributed by atoms with Gasteiger partial charge in [0, 0.05) is 57.3 Å². The van der Waals surface area contributed by atoms with Crippen molar-refractivity contribution < 1.29 is 14.6 Å². The molecule has 0 saturated carbocycles. The van der Waals surface area contributed by atoms with E-state index >= 15 is 0 Å². The number of fused-ring (bicyclic) bond motifs is 1. The molecule has 0 bridgehead atoms. The fourth-order valence-corrected chi connectivity index (χ4v) is 5.80. The molecule has 1 aliphatic rings. The summed E-state index contributed by atoms with van der Waals surface area (Å²) in [7, 11) is 6.89. The second-order valence-corrected chi connectivity index (χ2v) is 11.7. The van der Waals surface area contributed by atoms with Crippen LogP contribution in [-0.2, 0) is 24.2 Å². The number of aromatic nitrogens is 2. The van der Waals surface area contributed by atoms with Crippen molar-refractivity contribution in [2.24, 2.45) is 5.92 Å². The van der Waals surface area contributed by atoms with Gasteiger partial charge in [-0.15, -0.1) is 0 Å². The molecule has 1 aliphatic heterocycles. The summed E-state index contributed by atoms with van der Waals surface area (Å²) >= 11 is 6.82. The van der Waals surface area contributed by atoms with E-state index in [-0.39, 0.29) is 28.7 Å². The molecule has 2 atom stereocenters. The van der Waals surface area contributed by atoms with E-state index in [0.717, 1.165) is 66.0 Å². The number of anilines is 1. The zero-order chi connectivity index (χ0) is 31.1. The fraction of sp³-hybridized carbons (Fsp3) is 0.562. The van der Waals surface area contributed by atoms with Crippen molar-refractivity contribution in [2.45, 2.75) is 72.4 Å². The third-order valence-corrected chi connectivity index (χ3v) is 8.65. The highest BCUT2D eigenvalue weighted by Crippen LogP contribution is 2.41. The zero-order valence-corrected chi connectivity index (χ0v) is 27.2. The van der Waals surface area contributed by atoms with E-state index in [2.05, 4.69) is 50.6 Å². The maximum Gasteiger partial charge on any atom is 0.318 e. The lowest BCUT2D eigenvalue weighted by molar-refractivity contribution is -0.121. The van der Waals surface area contributed by atoms with Crippen LogP contribution in [0.5, 0.6) is 11.8 Å². The summed E-state index contributed by atoms with van der Waals surface area (Å²) in [5, 5.41) is 19.6. The zero-order valence-electron chi connectivity index (χ0n) is 26.4. The molecule has 2 aromatic rings. The molecular weight excluding hydrogens is 552 g/mol. The van der Waals surface area contributed by atoms with Crippen LogP contribution in [0.1, 0.15) is 75.4 Å². The number of carbonyl (C=O) groups is 1. The number of phenols is 1. The Hall–Kier alpha value is -3.17. The average molecular weight is 599 g/mol. The number of phenolic OH excluding ortho intramolecular Hbond substituents is 1. The van der Waals surface area contributed by atoms with E-state index in [4.69, 9.17) is 31.7 Å². The lowest BCUT2D eigenvalue weighted by Crippen LogP contribution is -2.37. The molecule has 1 amide bonds. The van der Waals surface area contributed by atoms with Crippen molar-refractivity contribution in [3.05, 3.63) is 51.2 Å². The van der Waals surface area contributed by atoms with Crippen LogP contribution in [0.3, 0.4) is 0 Å². The highest BCUT2D eigenvalue weighted by Gasteiger charge is 2.33. The van der Waals surface area contributed by atoms with Gasteiger partial charge in [0.15, 0.2) is 0 Å². The van der Waals surface area contributed by atoms with Gasteiger partial charge in [-0.3, -0.25) is 15.1 Å². The van der Waals surface area contributed by atoms with Gasteiger partial charge in [0.2, 0.25) is 0 Å². The highest BCUT2D eigenvalue weighted by molar-refractivity contribution is 6.58. The van der Waals surface area contributed by atoms with E-state index in [1.165, 1.54) is 4.90 Å². The summed E-state index contributed by atoms with van der Waals surface area (Å²) in [6.45, 7) is 10.1. The number of nitrogens with one attached hydrogen (secondary N) is 1. The summed E-state index contributed by atoms with van der Waals surface area (Å²) in [6, 6.07) is 5.96. The highest BCUT2D eigenvalue weighted by atomic mass is 35.5. The monoisotopic (exact) mass is 598 g/mol. The molecule has 1 aromatic carbocycles. The van der Waals surface area contributed by atoms with Crippen molar-refractivity contribution in [3.8, 4) is 11.8 Å². The van der Waals surface area contributed by atoms with Gasteiger partial charge in [-0.2, -0.15) is 9.97 Å². The number of hydrogen-bond donors (Lipinski definition) is 2. The maximum atomic E-state index is 12.7. The van der Waals surface area contributed by atoms with Crippen molar-refractivity contribution in [2.75, 3.05) is 46.2 Å². The van der Waals surface area contributed by atoms with Crippen molar-refractivity contribution in [1.29, 1.82) is 5.41 Å². The van der Waals surface area contributed by atoms with Gasteiger partial charge in [-0.05, 0) is 49.4 Å². The molecule has 0 aliphatic carbocycles. The Kier molecular flexibility index (Phi) is 11.8. The number of likely N-dealkylation sites (N-methyl/N-ethyl adjacent to an activating group) is 1. The van der Waals surface area contributed by atoms with Gasteiger partial charge in [-0.1, -0.05) is 57.8 Å². The van der Waals surface area contributed by atoms with Gasteiger partial charge >= 0.3 is 6.01 Å². The van der Waals surface area contributed by atoms with E-state index in [1.807, 2.05) is 6.07 Å². The number of unbranched alkanes of at least 4 members (excludes halogenated alkanes) is 1. The van der Waals surface area contributed by atoms with Crippen LogP contribution in [0, 0.1) is 11.3 Å². The molecule has 2 unspecified atom stereocenters. The average Bonchev–Trinajstić information content (AvgIpc) is 2.98. The predicted octanol–water partition coefficient (Wildman–Crippen LogP) is 5.74. The molecule has 2 N–H and O–H groups in total. The van der Waals surface area contributed by atoms with Crippen LogP contribution in [-0.4, -0.2) is 77.8 Å². The quantitative estimate of drug-likeness (QED) is 0.283. The molecule has 10 heteroatoms. The fourth-order valence-electron chi connectivity index (χ4n) is 5.47. The van der Waals surface area contributed by atoms with Gasteiger partial charge in [0.05, 0.1) is 17.8 Å². The number of aromatic hydroxyl groups is 1. The van der Waals surface area contributed by atoms with Crippen LogP contribution in [0.25, 0.3) is 0 Å². The molecule has 3 rings (SSSR count). The summed E-state index contributed by atoms with van der Waals surface area (Å²) in [6.07, 6.45) is 4.14. The van der Waals surface area contributed by atoms with E-state index < -0.39 is 5.91 Å². The molecule has 42 heavy (non-hydrogen) atoms. The standard InChI is InChI=1S/C32H47ClN6O3/c1-9-12-16-39(19-22(20(4)10-2)28(33)29(34)31(41)37(5)6)30-23-18-38(7)25(17-24(23)35-32(36-30)42-8)27-21(11-3)14-13-15-26(27)40/h13-15,20,25,34,40H,9-12,16-19H2,1-8H3/b28-22+,34-29?. The molecule has 2 heterocycles. The minimum absolute atomic E-state index is 0.0484. The predicted molar refractivity (Wildman–Crippen MR) is 170 cm³/mol. The number of rotatable bonds is 13. The Morgan fingerprint density at radius 1 is 1.26 bits per heavy atom. The Morgan fingerprint density at radius 2 is 1.98 bits per heavy atom. The van der Waals surface area contributed by atoms with Crippen LogP contribution in [0.15, 0.2) is 28.8 Å². The summed E-state index contributed by atoms with van der Waals surface area (Å²) in [5.41, 5.74) is 4.60. The molecule has 230 valence electrons. The minimum Gasteiger partial charge on any atom is -0.508 e. The van der Waals surface area contributed by atoms with Crippen molar-refractivity contribution in [1.82, 2.24) is 19.8 Å². The van der Waals surface area contributed by atoms with Gasteiger partial charge in [0.25, 0.3) is 5.91 Å². The number of halogens is 1. The van der Waals surface area contributed by atoms with Crippen molar-refractivity contribution in [3.63, 3.8) is 0 Å². The van der Waals surface area contributed by atoms with Gasteiger partial charge in [0.1, 0.15) is 17.3 Å². The summed E-state index contributed by atoms with van der Waals surface area (Å²) in [4.78, 5) is 28.2. The number of nitrogens with zero attached hydrogens (tertiary/aromatic N) is 5. The number of aryl methyl sites for hydroxylation is 1.